The van der Waals surface area contributed by atoms with Crippen LogP contribution in [-0.4, -0.2) is 59.6 Å². The molecule has 2 aliphatic heterocycles. The molecular weight excluding hydrogens is 361 g/mol. The number of carboxylic acid groups (broad SMARTS) is 1. The molecule has 0 aromatic heterocycles. The molecule has 2 saturated heterocycles. The van der Waals surface area contributed by atoms with E-state index in [2.05, 4.69) is 10.2 Å². The van der Waals surface area contributed by atoms with E-state index in [4.69, 9.17) is 0 Å². The summed E-state index contributed by atoms with van der Waals surface area (Å²) < 4.78 is 13.0. The summed E-state index contributed by atoms with van der Waals surface area (Å²) in [5.41, 5.74) is 0.559. The Balaban J connectivity index is 1.58. The molecule has 0 saturated carbocycles. The molecule has 7 heteroatoms. The van der Waals surface area contributed by atoms with E-state index >= 15 is 0 Å². The number of benzene rings is 1. The summed E-state index contributed by atoms with van der Waals surface area (Å²) in [4.78, 5) is 28.1. The van der Waals surface area contributed by atoms with Crippen LogP contribution in [0.4, 0.5) is 14.9 Å². The first-order valence-electron chi connectivity index (χ1n) is 10.3. The highest BCUT2D eigenvalue weighted by molar-refractivity contribution is 5.89. The maximum absolute atomic E-state index is 13.0. The number of nitrogens with one attached hydrogen (secondary N) is 1. The van der Waals surface area contributed by atoms with Crippen LogP contribution in [0, 0.1) is 17.7 Å². The van der Waals surface area contributed by atoms with Crippen LogP contribution >= 0.6 is 0 Å². The van der Waals surface area contributed by atoms with Gasteiger partial charge in [0.25, 0.3) is 0 Å². The Kier molecular flexibility index (Phi) is 7.25. The highest BCUT2D eigenvalue weighted by Crippen LogP contribution is 2.30. The Bertz CT molecular complexity index is 661. The van der Waals surface area contributed by atoms with E-state index in [1.54, 1.807) is 4.90 Å². The molecule has 0 bridgehead atoms. The molecule has 0 spiro atoms. The summed E-state index contributed by atoms with van der Waals surface area (Å²) in [5.74, 6) is -0.814. The van der Waals surface area contributed by atoms with Crippen LogP contribution in [0.15, 0.2) is 24.3 Å². The molecule has 0 aliphatic carbocycles. The molecular formula is C21H30FN3O3. The van der Waals surface area contributed by atoms with Gasteiger partial charge in [-0.2, -0.15) is 0 Å². The predicted octanol–water partition coefficient (Wildman–Crippen LogP) is 3.65. The van der Waals surface area contributed by atoms with Gasteiger partial charge in [0.1, 0.15) is 5.82 Å². The number of hydrogen-bond acceptors (Lipinski definition) is 3. The number of urea groups is 1. The minimum atomic E-state index is -0.766. The van der Waals surface area contributed by atoms with Gasteiger partial charge in [-0.1, -0.05) is 6.42 Å². The fourth-order valence-corrected chi connectivity index (χ4v) is 4.35. The number of carboxylic acids is 1. The van der Waals surface area contributed by atoms with E-state index in [0.717, 1.165) is 26.1 Å². The molecule has 28 heavy (non-hydrogen) atoms. The SMILES string of the molecule is O=C(O)CC1CCN(C(=O)Nc2ccc(F)cc2)CC1CCN1CCCCC1. The second kappa shape index (κ2) is 9.87. The van der Waals surface area contributed by atoms with Crippen molar-refractivity contribution in [2.24, 2.45) is 11.8 Å². The van der Waals surface area contributed by atoms with Gasteiger partial charge in [-0.15, -0.1) is 0 Å². The summed E-state index contributed by atoms with van der Waals surface area (Å²) in [6, 6.07) is 5.51. The highest BCUT2D eigenvalue weighted by atomic mass is 19.1. The number of piperidine rings is 2. The van der Waals surface area contributed by atoms with E-state index in [9.17, 15) is 19.1 Å². The van der Waals surface area contributed by atoms with E-state index < -0.39 is 5.97 Å². The fourth-order valence-electron chi connectivity index (χ4n) is 4.35. The summed E-state index contributed by atoms with van der Waals surface area (Å²) in [6.07, 6.45) is 5.54. The Hall–Kier alpha value is -2.15. The Morgan fingerprint density at radius 2 is 1.79 bits per heavy atom. The Labute approximate surface area is 165 Å². The third-order valence-electron chi connectivity index (χ3n) is 5.98. The third kappa shape index (κ3) is 5.92. The van der Waals surface area contributed by atoms with E-state index in [-0.39, 0.29) is 30.1 Å². The summed E-state index contributed by atoms with van der Waals surface area (Å²) >= 11 is 0. The van der Waals surface area contributed by atoms with E-state index in [0.29, 0.717) is 25.2 Å². The monoisotopic (exact) mass is 391 g/mol. The molecule has 2 amide bonds. The van der Waals surface area contributed by atoms with Crippen LogP contribution in [0.1, 0.15) is 38.5 Å². The summed E-state index contributed by atoms with van der Waals surface area (Å²) in [6.45, 7) is 4.31. The second-order valence-corrected chi connectivity index (χ2v) is 7.98. The molecule has 2 heterocycles. The fraction of sp³-hybridized carbons (Fsp3) is 0.619. The average Bonchev–Trinajstić information content (AvgIpc) is 2.69. The van der Waals surface area contributed by atoms with Crippen molar-refractivity contribution in [3.63, 3.8) is 0 Å². The lowest BCUT2D eigenvalue weighted by Crippen LogP contribution is -2.47. The predicted molar refractivity (Wildman–Crippen MR) is 106 cm³/mol. The normalized spacial score (nSPS) is 23.4. The lowest BCUT2D eigenvalue weighted by molar-refractivity contribution is -0.139. The minimum Gasteiger partial charge on any atom is -0.481 e. The average molecular weight is 391 g/mol. The number of nitrogens with zero attached hydrogens (tertiary/aromatic N) is 2. The quantitative estimate of drug-likeness (QED) is 0.776. The van der Waals surface area contributed by atoms with Gasteiger partial charge in [0.05, 0.1) is 0 Å². The molecule has 2 fully saturated rings. The molecule has 0 radical (unpaired) electrons. The van der Waals surface area contributed by atoms with Gasteiger partial charge in [0.2, 0.25) is 0 Å². The number of amides is 2. The standard InChI is InChI=1S/C21H30FN3O3/c22-18-4-6-19(7-5-18)23-21(28)25-13-9-16(14-20(26)27)17(15-25)8-12-24-10-2-1-3-11-24/h4-7,16-17H,1-3,8-15H2,(H,23,28)(H,26,27). The van der Waals surface area contributed by atoms with Gasteiger partial charge in [0, 0.05) is 25.2 Å². The lowest BCUT2D eigenvalue weighted by atomic mass is 9.81. The van der Waals surface area contributed by atoms with Crippen molar-refractivity contribution in [2.45, 2.75) is 38.5 Å². The van der Waals surface area contributed by atoms with E-state index in [1.807, 2.05) is 0 Å². The molecule has 2 atom stereocenters. The maximum Gasteiger partial charge on any atom is 0.321 e. The first-order chi connectivity index (χ1) is 13.5. The van der Waals surface area contributed by atoms with Crippen molar-refractivity contribution >= 4 is 17.7 Å². The van der Waals surface area contributed by atoms with Gasteiger partial charge in [-0.3, -0.25) is 4.79 Å². The molecule has 2 N–H and O–H groups in total. The maximum atomic E-state index is 13.0. The molecule has 1 aromatic carbocycles. The zero-order valence-electron chi connectivity index (χ0n) is 16.3. The molecule has 1 aromatic rings. The molecule has 2 aliphatic rings. The highest BCUT2D eigenvalue weighted by Gasteiger charge is 2.33. The van der Waals surface area contributed by atoms with Crippen LogP contribution in [0.25, 0.3) is 0 Å². The Morgan fingerprint density at radius 1 is 1.07 bits per heavy atom. The van der Waals surface area contributed by atoms with Gasteiger partial charge in [-0.05, 0) is 81.4 Å². The summed E-state index contributed by atoms with van der Waals surface area (Å²) in [5, 5.41) is 12.1. The largest absolute Gasteiger partial charge is 0.481 e. The second-order valence-electron chi connectivity index (χ2n) is 7.98. The van der Waals surface area contributed by atoms with Crippen molar-refractivity contribution < 1.29 is 19.1 Å². The van der Waals surface area contributed by atoms with Crippen LogP contribution < -0.4 is 5.32 Å². The number of aliphatic carboxylic acids is 1. The van der Waals surface area contributed by atoms with Gasteiger partial charge < -0.3 is 20.2 Å². The van der Waals surface area contributed by atoms with Crippen LogP contribution in [0.2, 0.25) is 0 Å². The van der Waals surface area contributed by atoms with Crippen molar-refractivity contribution in [3.8, 4) is 0 Å². The third-order valence-corrected chi connectivity index (χ3v) is 5.98. The number of hydrogen-bond donors (Lipinski definition) is 2. The van der Waals surface area contributed by atoms with Gasteiger partial charge in [-0.25, -0.2) is 9.18 Å². The van der Waals surface area contributed by atoms with Crippen LogP contribution in [0.5, 0.6) is 0 Å². The van der Waals surface area contributed by atoms with Crippen molar-refractivity contribution in [3.05, 3.63) is 30.1 Å². The first-order valence-corrected chi connectivity index (χ1v) is 10.3. The minimum absolute atomic E-state index is 0.108. The smallest absolute Gasteiger partial charge is 0.321 e. The number of rotatable bonds is 6. The number of likely N-dealkylation sites (tertiary alicyclic amines) is 2. The van der Waals surface area contributed by atoms with E-state index in [1.165, 1.54) is 43.5 Å². The van der Waals surface area contributed by atoms with Crippen LogP contribution in [-0.2, 0) is 4.79 Å². The molecule has 3 rings (SSSR count). The zero-order chi connectivity index (χ0) is 19.9. The Morgan fingerprint density at radius 3 is 2.46 bits per heavy atom. The number of carbonyl (C=O) groups is 2. The van der Waals surface area contributed by atoms with Crippen molar-refractivity contribution in [1.82, 2.24) is 9.80 Å². The number of halogens is 1. The van der Waals surface area contributed by atoms with Crippen molar-refractivity contribution in [2.75, 3.05) is 38.0 Å². The lowest BCUT2D eigenvalue weighted by Gasteiger charge is -2.39. The topological polar surface area (TPSA) is 72.9 Å². The van der Waals surface area contributed by atoms with Gasteiger partial charge >= 0.3 is 12.0 Å². The van der Waals surface area contributed by atoms with Crippen LogP contribution in [0.3, 0.4) is 0 Å². The van der Waals surface area contributed by atoms with Gasteiger partial charge in [0.15, 0.2) is 0 Å². The summed E-state index contributed by atoms with van der Waals surface area (Å²) in [7, 11) is 0. The number of anilines is 1. The molecule has 2 unspecified atom stereocenters. The first kappa shape index (κ1) is 20.6. The number of carbonyl (C=O) groups excluding carboxylic acids is 1. The zero-order valence-corrected chi connectivity index (χ0v) is 16.3. The molecule has 154 valence electrons. The van der Waals surface area contributed by atoms with Crippen molar-refractivity contribution in [1.29, 1.82) is 0 Å². The molecule has 6 nitrogen and oxygen atoms in total.